The van der Waals surface area contributed by atoms with Gasteiger partial charge in [0.25, 0.3) is 5.91 Å². The van der Waals surface area contributed by atoms with Crippen LogP contribution in [0, 0.1) is 6.92 Å². The van der Waals surface area contributed by atoms with Gasteiger partial charge in [0.2, 0.25) is 0 Å². The molecule has 35 heavy (non-hydrogen) atoms. The topological polar surface area (TPSA) is 51.2 Å². The number of pyridine rings is 1. The Labute approximate surface area is 206 Å². The van der Waals surface area contributed by atoms with E-state index in [1.165, 1.54) is 5.56 Å². The second-order valence-electron chi connectivity index (χ2n) is 7.83. The molecule has 174 valence electrons. The summed E-state index contributed by atoms with van der Waals surface area (Å²) < 4.78 is 6.10. The number of carbonyl (C=O) groups excluding carboxylic acids is 1. The van der Waals surface area contributed by atoms with Crippen molar-refractivity contribution in [3.05, 3.63) is 121 Å². The molecule has 0 aliphatic rings. The van der Waals surface area contributed by atoms with Crippen LogP contribution in [0.15, 0.2) is 109 Å². The number of aryl methyl sites for hydroxylation is 1. The van der Waals surface area contributed by atoms with Gasteiger partial charge in [0, 0.05) is 23.3 Å². The molecule has 1 aromatic heterocycles. The Balaban J connectivity index is 0.00000141. The van der Waals surface area contributed by atoms with E-state index in [9.17, 15) is 4.79 Å². The number of carbonyl (C=O) groups is 1. The van der Waals surface area contributed by atoms with Crippen LogP contribution in [-0.4, -0.2) is 10.9 Å². The van der Waals surface area contributed by atoms with Crippen LogP contribution >= 0.6 is 0 Å². The minimum Gasteiger partial charge on any atom is -0.455 e. The van der Waals surface area contributed by atoms with E-state index >= 15 is 0 Å². The zero-order valence-corrected chi connectivity index (χ0v) is 20.2. The van der Waals surface area contributed by atoms with Crippen molar-refractivity contribution in [3.63, 3.8) is 0 Å². The molecule has 0 atom stereocenters. The number of rotatable bonds is 5. The summed E-state index contributed by atoms with van der Waals surface area (Å²) >= 11 is 0. The van der Waals surface area contributed by atoms with Gasteiger partial charge in [-0.15, -0.1) is 0 Å². The van der Waals surface area contributed by atoms with Crippen molar-refractivity contribution in [2.45, 2.75) is 20.8 Å². The number of benzene rings is 4. The third-order valence-electron chi connectivity index (χ3n) is 5.58. The summed E-state index contributed by atoms with van der Waals surface area (Å²) in [4.78, 5) is 17.1. The summed E-state index contributed by atoms with van der Waals surface area (Å²) in [6, 6.07) is 31.1. The van der Waals surface area contributed by atoms with Gasteiger partial charge in [0.05, 0.1) is 5.69 Å². The maximum absolute atomic E-state index is 12.9. The largest absolute Gasteiger partial charge is 0.455 e. The minimum atomic E-state index is -0.190. The Kier molecular flexibility index (Phi) is 7.53. The Bertz CT molecular complexity index is 1440. The molecule has 0 saturated heterocycles. The Hall–Kier alpha value is -4.44. The summed E-state index contributed by atoms with van der Waals surface area (Å²) in [5.74, 6) is 1.07. The van der Waals surface area contributed by atoms with Gasteiger partial charge < -0.3 is 10.1 Å². The lowest BCUT2D eigenvalue weighted by Crippen LogP contribution is -2.12. The van der Waals surface area contributed by atoms with Gasteiger partial charge in [-0.2, -0.15) is 0 Å². The molecule has 1 amide bonds. The molecule has 0 bridgehead atoms. The van der Waals surface area contributed by atoms with Gasteiger partial charge in [-0.1, -0.05) is 68.4 Å². The van der Waals surface area contributed by atoms with Crippen molar-refractivity contribution >= 4 is 22.4 Å². The van der Waals surface area contributed by atoms with Crippen molar-refractivity contribution in [3.8, 4) is 22.6 Å². The number of fused-ring (bicyclic) bond motifs is 1. The average Bonchev–Trinajstić information content (AvgIpc) is 2.91. The number of ether oxygens (including phenoxy) is 1. The molecule has 5 rings (SSSR count). The first-order chi connectivity index (χ1) is 17.2. The molecular weight excluding hydrogens is 432 g/mol. The highest BCUT2D eigenvalue weighted by Gasteiger charge is 2.11. The summed E-state index contributed by atoms with van der Waals surface area (Å²) in [6.45, 7) is 6.08. The minimum absolute atomic E-state index is 0.190. The first-order valence-corrected chi connectivity index (χ1v) is 11.8. The molecule has 4 aromatic carbocycles. The Morgan fingerprint density at radius 3 is 2.34 bits per heavy atom. The highest BCUT2D eigenvalue weighted by atomic mass is 16.5. The van der Waals surface area contributed by atoms with Crippen molar-refractivity contribution in [2.24, 2.45) is 0 Å². The van der Waals surface area contributed by atoms with Gasteiger partial charge >= 0.3 is 0 Å². The predicted molar refractivity (Wildman–Crippen MR) is 144 cm³/mol. The normalized spacial score (nSPS) is 10.3. The lowest BCUT2D eigenvalue weighted by atomic mass is 9.99. The van der Waals surface area contributed by atoms with Crippen LogP contribution in [0.3, 0.4) is 0 Å². The highest BCUT2D eigenvalue weighted by Crippen LogP contribution is 2.31. The number of hydrogen-bond donors (Lipinski definition) is 1. The molecule has 0 fully saturated rings. The standard InChI is InChI=1S/C29H22N2O2.C2H6/c1-20-6-2-3-7-26(20)22-10-12-23(13-11-22)29(32)31-27-8-4-5-9-28(27)33-25-15-14-21-16-17-30-19-24(21)18-25;1-2/h2-19H,1H3,(H,31,32);1-2H3. The van der Waals surface area contributed by atoms with E-state index < -0.39 is 0 Å². The number of nitrogens with zero attached hydrogens (tertiary/aromatic N) is 1. The molecule has 4 heteroatoms. The highest BCUT2D eigenvalue weighted by molar-refractivity contribution is 6.05. The molecule has 5 aromatic rings. The Morgan fingerprint density at radius 1 is 0.800 bits per heavy atom. The number of aromatic nitrogens is 1. The van der Waals surface area contributed by atoms with Gasteiger partial charge in [-0.3, -0.25) is 9.78 Å². The summed E-state index contributed by atoms with van der Waals surface area (Å²) in [7, 11) is 0. The molecule has 0 unspecified atom stereocenters. The van der Waals surface area contributed by atoms with E-state index in [1.807, 2.05) is 98.8 Å². The summed E-state index contributed by atoms with van der Waals surface area (Å²) in [6.07, 6.45) is 3.57. The predicted octanol–water partition coefficient (Wildman–Crippen LogP) is 8.28. The van der Waals surface area contributed by atoms with Crippen molar-refractivity contribution in [2.75, 3.05) is 5.32 Å². The molecule has 0 aliphatic carbocycles. The van der Waals surface area contributed by atoms with E-state index in [0.717, 1.165) is 21.9 Å². The van der Waals surface area contributed by atoms with Crippen molar-refractivity contribution < 1.29 is 9.53 Å². The molecule has 0 spiro atoms. The van der Waals surface area contributed by atoms with Crippen LogP contribution < -0.4 is 10.1 Å². The summed E-state index contributed by atoms with van der Waals surface area (Å²) in [5.41, 5.74) is 4.63. The van der Waals surface area contributed by atoms with E-state index in [1.54, 1.807) is 12.4 Å². The zero-order chi connectivity index (χ0) is 24.6. The number of amides is 1. The second-order valence-corrected chi connectivity index (χ2v) is 7.83. The zero-order valence-electron chi connectivity index (χ0n) is 20.2. The molecule has 1 N–H and O–H groups in total. The van der Waals surface area contributed by atoms with Crippen molar-refractivity contribution in [1.29, 1.82) is 0 Å². The first-order valence-electron chi connectivity index (χ1n) is 11.8. The van der Waals surface area contributed by atoms with Gasteiger partial charge in [0.1, 0.15) is 5.75 Å². The van der Waals surface area contributed by atoms with E-state index in [2.05, 4.69) is 29.4 Å². The second kappa shape index (κ2) is 11.1. The Morgan fingerprint density at radius 2 is 1.54 bits per heavy atom. The van der Waals surface area contributed by atoms with Crippen LogP contribution in [0.1, 0.15) is 29.8 Å². The third kappa shape index (κ3) is 5.56. The number of nitrogens with one attached hydrogen (secondary N) is 1. The fourth-order valence-corrected chi connectivity index (χ4v) is 3.80. The van der Waals surface area contributed by atoms with Crippen molar-refractivity contribution in [1.82, 2.24) is 4.98 Å². The van der Waals surface area contributed by atoms with Crippen LogP contribution in [0.2, 0.25) is 0 Å². The van der Waals surface area contributed by atoms with E-state index in [0.29, 0.717) is 22.7 Å². The van der Waals surface area contributed by atoms with E-state index in [4.69, 9.17) is 4.74 Å². The SMILES string of the molecule is CC.Cc1ccccc1-c1ccc(C(=O)Nc2ccccc2Oc2ccc3ccncc3c2)cc1. The molecule has 0 radical (unpaired) electrons. The average molecular weight is 461 g/mol. The maximum Gasteiger partial charge on any atom is 0.255 e. The fourth-order valence-electron chi connectivity index (χ4n) is 3.80. The fraction of sp³-hybridized carbons (Fsp3) is 0.0968. The van der Waals surface area contributed by atoms with Gasteiger partial charge in [0.15, 0.2) is 5.75 Å². The van der Waals surface area contributed by atoms with Gasteiger partial charge in [-0.05, 0) is 71.5 Å². The molecular formula is C31H28N2O2. The van der Waals surface area contributed by atoms with Gasteiger partial charge in [-0.25, -0.2) is 0 Å². The number of hydrogen-bond acceptors (Lipinski definition) is 3. The molecule has 0 aliphatic heterocycles. The third-order valence-corrected chi connectivity index (χ3v) is 5.58. The summed E-state index contributed by atoms with van der Waals surface area (Å²) in [5, 5.41) is 5.06. The van der Waals surface area contributed by atoms with Crippen LogP contribution in [0.4, 0.5) is 5.69 Å². The monoisotopic (exact) mass is 460 g/mol. The lowest BCUT2D eigenvalue weighted by Gasteiger charge is -2.13. The smallest absolute Gasteiger partial charge is 0.255 e. The maximum atomic E-state index is 12.9. The molecule has 0 saturated carbocycles. The number of anilines is 1. The van der Waals surface area contributed by atoms with Crippen LogP contribution in [0.25, 0.3) is 21.9 Å². The molecule has 1 heterocycles. The van der Waals surface area contributed by atoms with Crippen LogP contribution in [-0.2, 0) is 0 Å². The van der Waals surface area contributed by atoms with E-state index in [-0.39, 0.29) is 5.91 Å². The first kappa shape index (κ1) is 23.7. The quantitative estimate of drug-likeness (QED) is 0.287. The number of para-hydroxylation sites is 2. The lowest BCUT2D eigenvalue weighted by molar-refractivity contribution is 0.102. The van der Waals surface area contributed by atoms with Crippen LogP contribution in [0.5, 0.6) is 11.5 Å². The molecule has 4 nitrogen and oxygen atoms in total.